The number of carbonyl (C=O) groups is 2. The van der Waals surface area contributed by atoms with E-state index in [2.05, 4.69) is 16.3 Å². The van der Waals surface area contributed by atoms with Gasteiger partial charge in [0.1, 0.15) is 11.9 Å². The van der Waals surface area contributed by atoms with Gasteiger partial charge in [0, 0.05) is 68.1 Å². The van der Waals surface area contributed by atoms with Gasteiger partial charge in [0.2, 0.25) is 0 Å². The van der Waals surface area contributed by atoms with Crippen molar-refractivity contribution in [3.63, 3.8) is 0 Å². The van der Waals surface area contributed by atoms with E-state index in [-0.39, 0.29) is 18.6 Å². The van der Waals surface area contributed by atoms with Crippen LogP contribution in [0.25, 0.3) is 0 Å². The number of ether oxygens (including phenoxy) is 1. The fourth-order valence-electron chi connectivity index (χ4n) is 4.30. The molecule has 2 aliphatic heterocycles. The van der Waals surface area contributed by atoms with Crippen LogP contribution in [0.2, 0.25) is 0 Å². The molecular weight excluding hydrogens is 410 g/mol. The van der Waals surface area contributed by atoms with Gasteiger partial charge in [0.25, 0.3) is 5.91 Å². The number of likely N-dealkylation sites (tertiary alicyclic amines) is 1. The summed E-state index contributed by atoms with van der Waals surface area (Å²) in [4.78, 5) is 27.0. The molecule has 2 aromatic rings. The highest BCUT2D eigenvalue weighted by atomic mass is 16.5. The summed E-state index contributed by atoms with van der Waals surface area (Å²) in [5.74, 6) is 0.732. The minimum absolute atomic E-state index is 0.0229. The molecule has 2 aliphatic rings. The van der Waals surface area contributed by atoms with Crippen LogP contribution in [0.3, 0.4) is 0 Å². The second-order valence-electron chi connectivity index (χ2n) is 8.12. The normalized spacial score (nSPS) is 16.0. The molecule has 2 amide bonds. The standard InChI is InChI=1S/C24H29N3O5/c28-16-2-12-25-23(29)17-5-7-18(8-6-17)27-15-11-20-21(27)3-1-4-22(20)32-19-9-13-26(14-10-19)24(30)31/h1,3-8,19,28H,2,9-16H2,(H,25,29)(H,30,31). The minimum atomic E-state index is -0.867. The van der Waals surface area contributed by atoms with Crippen molar-refractivity contribution in [2.45, 2.75) is 31.8 Å². The van der Waals surface area contributed by atoms with Crippen molar-refractivity contribution < 1.29 is 24.5 Å². The molecule has 2 aromatic carbocycles. The number of piperidine rings is 1. The fraction of sp³-hybridized carbons (Fsp3) is 0.417. The summed E-state index contributed by atoms with van der Waals surface area (Å²) >= 11 is 0. The van der Waals surface area contributed by atoms with Crippen LogP contribution in [-0.4, -0.2) is 66.0 Å². The summed E-state index contributed by atoms with van der Waals surface area (Å²) in [5.41, 5.74) is 3.88. The van der Waals surface area contributed by atoms with Gasteiger partial charge in [-0.05, 0) is 49.2 Å². The Labute approximate surface area is 187 Å². The molecule has 0 aromatic heterocycles. The van der Waals surface area contributed by atoms with Gasteiger partial charge in [-0.1, -0.05) is 6.07 Å². The summed E-state index contributed by atoms with van der Waals surface area (Å²) in [5, 5.41) is 20.8. The summed E-state index contributed by atoms with van der Waals surface area (Å²) in [6, 6.07) is 13.6. The molecule has 0 saturated carbocycles. The van der Waals surface area contributed by atoms with Gasteiger partial charge < -0.3 is 30.1 Å². The summed E-state index contributed by atoms with van der Waals surface area (Å²) in [6.45, 7) is 2.34. The number of hydrogen-bond acceptors (Lipinski definition) is 5. The first-order valence-electron chi connectivity index (χ1n) is 11.1. The first kappa shape index (κ1) is 22.0. The molecule has 3 N–H and O–H groups in total. The lowest BCUT2D eigenvalue weighted by Gasteiger charge is -2.30. The zero-order valence-electron chi connectivity index (χ0n) is 18.0. The summed E-state index contributed by atoms with van der Waals surface area (Å²) < 4.78 is 6.29. The zero-order valence-corrected chi connectivity index (χ0v) is 18.0. The fourth-order valence-corrected chi connectivity index (χ4v) is 4.30. The van der Waals surface area contributed by atoms with Crippen LogP contribution in [0.5, 0.6) is 5.75 Å². The number of carboxylic acid groups (broad SMARTS) is 1. The molecule has 0 unspecified atom stereocenters. The van der Waals surface area contributed by atoms with Crippen LogP contribution in [0.15, 0.2) is 42.5 Å². The van der Waals surface area contributed by atoms with E-state index in [1.807, 2.05) is 36.4 Å². The lowest BCUT2D eigenvalue weighted by Crippen LogP contribution is -2.41. The molecule has 2 heterocycles. The molecule has 0 aliphatic carbocycles. The first-order valence-corrected chi connectivity index (χ1v) is 11.1. The number of amides is 2. The maximum Gasteiger partial charge on any atom is 0.407 e. The van der Waals surface area contributed by atoms with E-state index in [0.29, 0.717) is 44.5 Å². The number of rotatable bonds is 7. The molecule has 0 radical (unpaired) electrons. The van der Waals surface area contributed by atoms with E-state index in [1.54, 1.807) is 0 Å². The molecule has 0 atom stereocenters. The Morgan fingerprint density at radius 1 is 1.06 bits per heavy atom. The van der Waals surface area contributed by atoms with Gasteiger partial charge in [-0.25, -0.2) is 4.79 Å². The van der Waals surface area contributed by atoms with Gasteiger partial charge in [-0.2, -0.15) is 0 Å². The SMILES string of the molecule is O=C(NCCCO)c1ccc(N2CCc3c(OC4CCN(C(=O)O)CC4)cccc32)cc1. The predicted octanol–water partition coefficient (Wildman–Crippen LogP) is 3.01. The Kier molecular flexibility index (Phi) is 6.80. The number of carbonyl (C=O) groups excluding carboxylic acids is 1. The van der Waals surface area contributed by atoms with Crippen LogP contribution in [0.4, 0.5) is 16.2 Å². The molecule has 170 valence electrons. The third kappa shape index (κ3) is 4.80. The average molecular weight is 440 g/mol. The lowest BCUT2D eigenvalue weighted by atomic mass is 10.1. The number of nitrogens with zero attached hydrogens (tertiary/aromatic N) is 2. The van der Waals surface area contributed by atoms with Gasteiger partial charge >= 0.3 is 6.09 Å². The van der Waals surface area contributed by atoms with E-state index in [1.165, 1.54) is 10.5 Å². The third-order valence-electron chi connectivity index (χ3n) is 6.05. The predicted molar refractivity (Wildman–Crippen MR) is 121 cm³/mol. The number of nitrogens with one attached hydrogen (secondary N) is 1. The Balaban J connectivity index is 1.42. The number of fused-ring (bicyclic) bond motifs is 1. The van der Waals surface area contributed by atoms with E-state index in [9.17, 15) is 9.59 Å². The Morgan fingerprint density at radius 2 is 1.81 bits per heavy atom. The maximum absolute atomic E-state index is 12.2. The molecule has 0 bridgehead atoms. The van der Waals surface area contributed by atoms with E-state index >= 15 is 0 Å². The monoisotopic (exact) mass is 439 g/mol. The van der Waals surface area contributed by atoms with E-state index in [0.717, 1.165) is 30.1 Å². The van der Waals surface area contributed by atoms with Crippen molar-refractivity contribution in [1.29, 1.82) is 0 Å². The highest BCUT2D eigenvalue weighted by Gasteiger charge is 2.27. The summed E-state index contributed by atoms with van der Waals surface area (Å²) in [7, 11) is 0. The first-order chi connectivity index (χ1) is 15.6. The molecule has 32 heavy (non-hydrogen) atoms. The van der Waals surface area contributed by atoms with Crippen LogP contribution in [0, 0.1) is 0 Å². The zero-order chi connectivity index (χ0) is 22.5. The highest BCUT2D eigenvalue weighted by Crippen LogP contribution is 2.40. The maximum atomic E-state index is 12.2. The number of anilines is 2. The molecule has 1 fully saturated rings. The Morgan fingerprint density at radius 3 is 2.50 bits per heavy atom. The second-order valence-corrected chi connectivity index (χ2v) is 8.12. The second kappa shape index (κ2) is 9.91. The van der Waals surface area contributed by atoms with Crippen LogP contribution in [0.1, 0.15) is 35.2 Å². The number of hydrogen-bond donors (Lipinski definition) is 3. The lowest BCUT2D eigenvalue weighted by molar-refractivity contribution is 0.0889. The van der Waals surface area contributed by atoms with Crippen LogP contribution < -0.4 is 15.0 Å². The van der Waals surface area contributed by atoms with Crippen molar-refractivity contribution in [2.75, 3.05) is 37.7 Å². The molecule has 8 heteroatoms. The average Bonchev–Trinajstić information content (AvgIpc) is 3.25. The molecule has 0 spiro atoms. The quantitative estimate of drug-likeness (QED) is 0.573. The molecule has 1 saturated heterocycles. The largest absolute Gasteiger partial charge is 0.490 e. The van der Waals surface area contributed by atoms with Gasteiger partial charge in [-0.15, -0.1) is 0 Å². The van der Waals surface area contributed by atoms with Crippen molar-refractivity contribution >= 4 is 23.4 Å². The third-order valence-corrected chi connectivity index (χ3v) is 6.05. The summed E-state index contributed by atoms with van der Waals surface area (Å²) in [6.07, 6.45) is 1.95. The molecular formula is C24H29N3O5. The van der Waals surface area contributed by atoms with Crippen molar-refractivity contribution in [2.24, 2.45) is 0 Å². The number of aliphatic hydroxyl groups is 1. The van der Waals surface area contributed by atoms with Crippen molar-refractivity contribution in [3.05, 3.63) is 53.6 Å². The minimum Gasteiger partial charge on any atom is -0.490 e. The Bertz CT molecular complexity index is 955. The smallest absolute Gasteiger partial charge is 0.407 e. The number of aliphatic hydroxyl groups excluding tert-OH is 1. The molecule has 8 nitrogen and oxygen atoms in total. The van der Waals surface area contributed by atoms with Gasteiger partial charge in [0.15, 0.2) is 0 Å². The number of benzene rings is 2. The van der Waals surface area contributed by atoms with Crippen LogP contribution in [-0.2, 0) is 6.42 Å². The molecule has 4 rings (SSSR count). The van der Waals surface area contributed by atoms with Crippen LogP contribution >= 0.6 is 0 Å². The van der Waals surface area contributed by atoms with E-state index in [4.69, 9.17) is 14.9 Å². The Hall–Kier alpha value is -3.26. The van der Waals surface area contributed by atoms with Gasteiger partial charge in [-0.3, -0.25) is 4.79 Å². The highest BCUT2D eigenvalue weighted by molar-refractivity contribution is 5.94. The topological polar surface area (TPSA) is 102 Å². The van der Waals surface area contributed by atoms with Crippen molar-refractivity contribution in [3.8, 4) is 5.75 Å². The van der Waals surface area contributed by atoms with E-state index < -0.39 is 6.09 Å². The van der Waals surface area contributed by atoms with Crippen molar-refractivity contribution in [1.82, 2.24) is 10.2 Å². The van der Waals surface area contributed by atoms with Gasteiger partial charge in [0.05, 0.1) is 0 Å².